The molecular formula is C21H24N2O3S. The number of benzene rings is 2. The van der Waals surface area contributed by atoms with Crippen molar-refractivity contribution in [1.82, 2.24) is 4.90 Å². The molecule has 3 rings (SSSR count). The number of ether oxygens (including phenoxy) is 1. The number of nitrogens with zero attached hydrogens (tertiary/aromatic N) is 1. The third-order valence-electron chi connectivity index (χ3n) is 4.37. The van der Waals surface area contributed by atoms with Gasteiger partial charge in [-0.25, -0.2) is 4.79 Å². The van der Waals surface area contributed by atoms with Crippen molar-refractivity contribution in [3.63, 3.8) is 0 Å². The van der Waals surface area contributed by atoms with Crippen LogP contribution in [0.5, 0.6) is 0 Å². The van der Waals surface area contributed by atoms with Crippen LogP contribution in [0.25, 0.3) is 0 Å². The van der Waals surface area contributed by atoms with Crippen molar-refractivity contribution >= 4 is 29.4 Å². The largest absolute Gasteiger partial charge is 0.448 e. The molecule has 2 aromatic carbocycles. The Morgan fingerprint density at radius 1 is 1.19 bits per heavy atom. The minimum Gasteiger partial charge on any atom is -0.448 e. The number of hydrogen-bond acceptors (Lipinski definition) is 4. The smallest absolute Gasteiger partial charge is 0.409 e. The highest BCUT2D eigenvalue weighted by molar-refractivity contribution is 7.99. The van der Waals surface area contributed by atoms with Crippen LogP contribution in [0, 0.1) is 13.8 Å². The van der Waals surface area contributed by atoms with Crippen molar-refractivity contribution in [1.29, 1.82) is 0 Å². The highest BCUT2D eigenvalue weighted by atomic mass is 32.2. The van der Waals surface area contributed by atoms with Gasteiger partial charge in [0.2, 0.25) is 5.91 Å². The third kappa shape index (κ3) is 5.50. The van der Waals surface area contributed by atoms with E-state index in [2.05, 4.69) is 37.4 Å². The predicted octanol–water partition coefficient (Wildman–Crippen LogP) is 4.63. The van der Waals surface area contributed by atoms with E-state index in [0.717, 1.165) is 10.6 Å². The van der Waals surface area contributed by atoms with Gasteiger partial charge in [0.05, 0.1) is 6.54 Å². The highest BCUT2D eigenvalue weighted by Crippen LogP contribution is 2.31. The average molecular weight is 385 g/mol. The lowest BCUT2D eigenvalue weighted by atomic mass is 10.2. The van der Waals surface area contributed by atoms with Crippen molar-refractivity contribution < 1.29 is 14.3 Å². The Morgan fingerprint density at radius 3 is 2.63 bits per heavy atom. The Bertz CT molecular complexity index is 821. The van der Waals surface area contributed by atoms with Crippen molar-refractivity contribution in [2.45, 2.75) is 36.5 Å². The number of carbonyl (C=O) groups is 2. The van der Waals surface area contributed by atoms with Gasteiger partial charge in [0.15, 0.2) is 0 Å². The van der Waals surface area contributed by atoms with Gasteiger partial charge >= 0.3 is 6.09 Å². The van der Waals surface area contributed by atoms with E-state index in [1.807, 2.05) is 24.3 Å². The molecule has 1 heterocycles. The van der Waals surface area contributed by atoms with Gasteiger partial charge in [-0.15, -0.1) is 0 Å². The standard InChI is InChI=1S/C21H24N2O3S/c1-15-5-10-19(16(2)14-15)27-18-8-6-17(7-9-18)22-20(24)4-3-11-23-12-13-26-21(23)25/h5-10,14H,3-4,11-13H2,1-2H3,(H,22,24). The maximum atomic E-state index is 12.1. The molecule has 1 fully saturated rings. The first-order valence-electron chi connectivity index (χ1n) is 9.08. The fourth-order valence-corrected chi connectivity index (χ4v) is 3.81. The number of hydrogen-bond donors (Lipinski definition) is 1. The van der Waals surface area contributed by atoms with Crippen molar-refractivity contribution in [2.75, 3.05) is 25.0 Å². The Balaban J connectivity index is 1.46. The molecule has 0 unspecified atom stereocenters. The van der Waals surface area contributed by atoms with Gasteiger partial charge in [-0.2, -0.15) is 0 Å². The molecule has 1 aliphatic rings. The molecule has 6 heteroatoms. The molecule has 0 radical (unpaired) electrons. The van der Waals surface area contributed by atoms with Crippen LogP contribution < -0.4 is 5.32 Å². The van der Waals surface area contributed by atoms with E-state index in [9.17, 15) is 9.59 Å². The first-order chi connectivity index (χ1) is 13.0. The molecule has 27 heavy (non-hydrogen) atoms. The van der Waals surface area contributed by atoms with Crippen molar-refractivity contribution in [3.05, 3.63) is 53.6 Å². The minimum atomic E-state index is -0.285. The zero-order chi connectivity index (χ0) is 19.2. The SMILES string of the molecule is Cc1ccc(Sc2ccc(NC(=O)CCCN3CCOC3=O)cc2)c(C)c1. The molecule has 142 valence electrons. The van der Waals surface area contributed by atoms with Gasteiger partial charge in [0, 0.05) is 28.4 Å². The van der Waals surface area contributed by atoms with E-state index in [1.54, 1.807) is 16.7 Å². The summed E-state index contributed by atoms with van der Waals surface area (Å²) in [5, 5.41) is 2.91. The van der Waals surface area contributed by atoms with Gasteiger partial charge in [-0.1, -0.05) is 29.5 Å². The van der Waals surface area contributed by atoms with E-state index in [-0.39, 0.29) is 12.0 Å². The number of anilines is 1. The molecule has 1 aliphatic heterocycles. The second-order valence-corrected chi connectivity index (χ2v) is 7.76. The van der Waals surface area contributed by atoms with Gasteiger partial charge < -0.3 is 15.0 Å². The summed E-state index contributed by atoms with van der Waals surface area (Å²) in [6.07, 6.45) is 0.719. The third-order valence-corrected chi connectivity index (χ3v) is 5.56. The zero-order valence-corrected chi connectivity index (χ0v) is 16.5. The molecule has 0 aliphatic carbocycles. The molecule has 2 aromatic rings. The lowest BCUT2D eigenvalue weighted by Crippen LogP contribution is -2.26. The number of nitrogens with one attached hydrogen (secondary N) is 1. The maximum Gasteiger partial charge on any atom is 0.409 e. The van der Waals surface area contributed by atoms with E-state index in [0.29, 0.717) is 32.5 Å². The monoisotopic (exact) mass is 384 g/mol. The summed E-state index contributed by atoms with van der Waals surface area (Å²) in [5.74, 6) is -0.0441. The van der Waals surface area contributed by atoms with Crippen LogP contribution in [0.3, 0.4) is 0 Å². The number of carbonyl (C=O) groups excluding carboxylic acids is 2. The number of aryl methyl sites for hydroxylation is 2. The van der Waals surface area contributed by atoms with Crippen LogP contribution in [0.2, 0.25) is 0 Å². The van der Waals surface area contributed by atoms with Gasteiger partial charge in [0.25, 0.3) is 0 Å². The zero-order valence-electron chi connectivity index (χ0n) is 15.7. The van der Waals surface area contributed by atoms with E-state index in [4.69, 9.17) is 4.74 Å². The molecule has 1 saturated heterocycles. The van der Waals surface area contributed by atoms with Crippen LogP contribution in [0.4, 0.5) is 10.5 Å². The molecule has 5 nitrogen and oxygen atoms in total. The van der Waals surface area contributed by atoms with Crippen molar-refractivity contribution in [3.8, 4) is 0 Å². The van der Waals surface area contributed by atoms with Crippen LogP contribution in [0.15, 0.2) is 52.3 Å². The molecule has 2 amide bonds. The fourth-order valence-electron chi connectivity index (χ4n) is 2.93. The quantitative estimate of drug-likeness (QED) is 0.756. The molecule has 0 saturated carbocycles. The summed E-state index contributed by atoms with van der Waals surface area (Å²) in [6, 6.07) is 14.3. The van der Waals surface area contributed by atoms with Crippen molar-refractivity contribution in [2.24, 2.45) is 0 Å². The van der Waals surface area contributed by atoms with Crippen LogP contribution in [0.1, 0.15) is 24.0 Å². The van der Waals surface area contributed by atoms with Crippen LogP contribution in [-0.4, -0.2) is 36.6 Å². The summed E-state index contributed by atoms with van der Waals surface area (Å²) in [5.41, 5.74) is 3.31. The van der Waals surface area contributed by atoms with Crippen LogP contribution in [-0.2, 0) is 9.53 Å². The Morgan fingerprint density at radius 2 is 1.96 bits per heavy atom. The van der Waals surface area contributed by atoms with Gasteiger partial charge in [-0.05, 0) is 56.2 Å². The molecule has 0 bridgehead atoms. The van der Waals surface area contributed by atoms with Gasteiger partial charge in [-0.3, -0.25) is 4.79 Å². The summed E-state index contributed by atoms with van der Waals surface area (Å²) < 4.78 is 4.87. The summed E-state index contributed by atoms with van der Waals surface area (Å²) in [4.78, 5) is 27.4. The Hall–Kier alpha value is -2.47. The number of rotatable bonds is 7. The predicted molar refractivity (Wildman–Crippen MR) is 107 cm³/mol. The average Bonchev–Trinajstić information content (AvgIpc) is 3.04. The maximum absolute atomic E-state index is 12.1. The van der Waals surface area contributed by atoms with Gasteiger partial charge in [0.1, 0.15) is 6.61 Å². The first-order valence-corrected chi connectivity index (χ1v) is 9.89. The minimum absolute atomic E-state index is 0.0441. The summed E-state index contributed by atoms with van der Waals surface area (Å²) in [6.45, 7) is 5.82. The van der Waals surface area contributed by atoms with E-state index in [1.165, 1.54) is 16.0 Å². The van der Waals surface area contributed by atoms with E-state index >= 15 is 0 Å². The highest BCUT2D eigenvalue weighted by Gasteiger charge is 2.21. The molecular weight excluding hydrogens is 360 g/mol. The lowest BCUT2D eigenvalue weighted by molar-refractivity contribution is -0.116. The summed E-state index contributed by atoms with van der Waals surface area (Å²) >= 11 is 1.72. The summed E-state index contributed by atoms with van der Waals surface area (Å²) in [7, 11) is 0. The number of cyclic esters (lactones) is 1. The molecule has 0 spiro atoms. The topological polar surface area (TPSA) is 58.6 Å². The number of amides is 2. The second-order valence-electron chi connectivity index (χ2n) is 6.65. The fraction of sp³-hybridized carbons (Fsp3) is 0.333. The molecule has 0 atom stereocenters. The lowest BCUT2D eigenvalue weighted by Gasteiger charge is -2.12. The molecule has 0 aromatic heterocycles. The first kappa shape index (κ1) is 19.3. The second kappa shape index (κ2) is 8.95. The molecule has 1 N–H and O–H groups in total. The normalized spacial score (nSPS) is 13.6. The van der Waals surface area contributed by atoms with Crippen LogP contribution >= 0.6 is 11.8 Å². The van der Waals surface area contributed by atoms with E-state index < -0.39 is 0 Å². The Labute approximate surface area is 164 Å². The Kier molecular flexibility index (Phi) is 6.40.